The first kappa shape index (κ1) is 14.6. The lowest BCUT2D eigenvalue weighted by Crippen LogP contribution is -1.94. The van der Waals surface area contributed by atoms with Crippen molar-refractivity contribution in [3.63, 3.8) is 0 Å². The van der Waals surface area contributed by atoms with Crippen molar-refractivity contribution >= 4 is 28.9 Å². The summed E-state index contributed by atoms with van der Waals surface area (Å²) in [5.41, 5.74) is 0.741. The zero-order valence-electron chi connectivity index (χ0n) is 10.5. The Balaban J connectivity index is 2.32. The summed E-state index contributed by atoms with van der Waals surface area (Å²) in [6.07, 6.45) is 0.749. The maximum absolute atomic E-state index is 10.7. The molecule has 0 unspecified atom stereocenters. The maximum Gasteiger partial charge on any atom is 0.277 e. The van der Waals surface area contributed by atoms with Crippen molar-refractivity contribution in [1.29, 1.82) is 0 Å². The fourth-order valence-corrected chi connectivity index (χ4v) is 2.07. The lowest BCUT2D eigenvalue weighted by molar-refractivity contribution is -0.385. The van der Waals surface area contributed by atoms with E-state index >= 15 is 0 Å². The van der Waals surface area contributed by atoms with E-state index in [9.17, 15) is 10.1 Å². The third-order valence-electron chi connectivity index (χ3n) is 2.59. The molecule has 5 nitrogen and oxygen atoms in total. The molecule has 0 saturated carbocycles. The van der Waals surface area contributed by atoms with Crippen LogP contribution in [0.4, 0.5) is 5.69 Å². The molecule has 104 valence electrons. The van der Waals surface area contributed by atoms with Crippen molar-refractivity contribution in [3.8, 4) is 11.6 Å². The number of hydrogen-bond donors (Lipinski definition) is 0. The van der Waals surface area contributed by atoms with Gasteiger partial charge in [0.05, 0.1) is 17.1 Å². The predicted molar refractivity (Wildman–Crippen MR) is 76.8 cm³/mol. The Labute approximate surface area is 125 Å². The Hall–Kier alpha value is -1.85. The van der Waals surface area contributed by atoms with Gasteiger partial charge in [0.15, 0.2) is 0 Å². The molecule has 0 fully saturated rings. The Morgan fingerprint density at radius 2 is 2.05 bits per heavy atom. The van der Waals surface area contributed by atoms with Crippen LogP contribution in [0, 0.1) is 10.1 Å². The molecule has 0 spiro atoms. The largest absolute Gasteiger partial charge is 0.439 e. The van der Waals surface area contributed by atoms with Crippen LogP contribution in [0.3, 0.4) is 0 Å². The smallest absolute Gasteiger partial charge is 0.277 e. The van der Waals surface area contributed by atoms with Crippen LogP contribution in [0.25, 0.3) is 0 Å². The number of aryl methyl sites for hydroxylation is 1. The third kappa shape index (κ3) is 3.37. The van der Waals surface area contributed by atoms with Gasteiger partial charge in [-0.1, -0.05) is 30.1 Å². The van der Waals surface area contributed by atoms with Gasteiger partial charge < -0.3 is 4.74 Å². The second-order valence-electron chi connectivity index (χ2n) is 3.95. The van der Waals surface area contributed by atoms with Gasteiger partial charge in [0.2, 0.25) is 5.88 Å². The van der Waals surface area contributed by atoms with E-state index in [-0.39, 0.29) is 16.7 Å². The van der Waals surface area contributed by atoms with Gasteiger partial charge in [0, 0.05) is 5.02 Å². The second-order valence-corrected chi connectivity index (χ2v) is 4.75. The van der Waals surface area contributed by atoms with E-state index in [0.29, 0.717) is 10.8 Å². The molecule has 20 heavy (non-hydrogen) atoms. The van der Waals surface area contributed by atoms with Gasteiger partial charge in [0.1, 0.15) is 10.9 Å². The number of benzene rings is 1. The number of hydrogen-bond acceptors (Lipinski definition) is 4. The normalized spacial score (nSPS) is 10.3. The van der Waals surface area contributed by atoms with Crippen molar-refractivity contribution in [1.82, 2.24) is 4.98 Å². The van der Waals surface area contributed by atoms with E-state index in [1.807, 2.05) is 6.92 Å². The molecule has 7 heteroatoms. The van der Waals surface area contributed by atoms with Crippen LogP contribution in [0.5, 0.6) is 11.6 Å². The van der Waals surface area contributed by atoms with Gasteiger partial charge in [-0.25, -0.2) is 4.98 Å². The van der Waals surface area contributed by atoms with Crippen LogP contribution in [0.2, 0.25) is 10.2 Å². The first-order valence-corrected chi connectivity index (χ1v) is 6.53. The highest BCUT2D eigenvalue weighted by Gasteiger charge is 2.12. The molecule has 1 aromatic carbocycles. The average molecular weight is 313 g/mol. The van der Waals surface area contributed by atoms with Gasteiger partial charge in [-0.15, -0.1) is 0 Å². The molecule has 0 atom stereocenters. The van der Waals surface area contributed by atoms with E-state index in [0.717, 1.165) is 18.1 Å². The van der Waals surface area contributed by atoms with E-state index < -0.39 is 4.92 Å². The molecule has 1 aromatic heterocycles. The van der Waals surface area contributed by atoms with Crippen molar-refractivity contribution in [2.24, 2.45) is 0 Å². The number of pyridine rings is 1. The first-order valence-electron chi connectivity index (χ1n) is 5.78. The van der Waals surface area contributed by atoms with Gasteiger partial charge >= 0.3 is 0 Å². The fraction of sp³-hybridized carbons (Fsp3) is 0.154. The number of aromatic nitrogens is 1. The summed E-state index contributed by atoms with van der Waals surface area (Å²) >= 11 is 11.7. The van der Waals surface area contributed by atoms with Crippen LogP contribution >= 0.6 is 23.2 Å². The highest BCUT2D eigenvalue weighted by atomic mass is 35.5. The van der Waals surface area contributed by atoms with E-state index in [1.54, 1.807) is 18.2 Å². The highest BCUT2D eigenvalue weighted by Crippen LogP contribution is 2.29. The summed E-state index contributed by atoms with van der Waals surface area (Å²) in [6.45, 7) is 1.97. The van der Waals surface area contributed by atoms with E-state index in [4.69, 9.17) is 27.9 Å². The molecular formula is C13H10Cl2N2O3. The minimum Gasteiger partial charge on any atom is -0.439 e. The molecule has 2 rings (SSSR count). The van der Waals surface area contributed by atoms with Crippen LogP contribution in [0.1, 0.15) is 12.5 Å². The van der Waals surface area contributed by atoms with E-state index in [2.05, 4.69) is 4.98 Å². The van der Waals surface area contributed by atoms with Crippen LogP contribution in [-0.4, -0.2) is 9.91 Å². The summed E-state index contributed by atoms with van der Waals surface area (Å²) in [4.78, 5) is 14.1. The molecular weight excluding hydrogens is 303 g/mol. The Bertz CT molecular complexity index is 662. The minimum atomic E-state index is -0.556. The van der Waals surface area contributed by atoms with Crippen molar-refractivity contribution in [3.05, 3.63) is 56.2 Å². The Kier molecular flexibility index (Phi) is 4.42. The molecule has 0 aliphatic carbocycles. The number of halogens is 2. The molecule has 0 radical (unpaired) electrons. The van der Waals surface area contributed by atoms with E-state index in [1.165, 1.54) is 6.07 Å². The number of rotatable bonds is 4. The van der Waals surface area contributed by atoms with Crippen molar-refractivity contribution < 1.29 is 9.66 Å². The van der Waals surface area contributed by atoms with Crippen molar-refractivity contribution in [2.45, 2.75) is 13.3 Å². The molecule has 0 aliphatic rings. The number of ether oxygens (including phenoxy) is 1. The van der Waals surface area contributed by atoms with Gasteiger partial charge in [-0.2, -0.15) is 0 Å². The summed E-state index contributed by atoms with van der Waals surface area (Å²) in [5.74, 6) is 0.559. The topological polar surface area (TPSA) is 65.3 Å². The van der Waals surface area contributed by atoms with Gasteiger partial charge in [-0.05, 0) is 30.2 Å². The van der Waals surface area contributed by atoms with Gasteiger partial charge in [-0.3, -0.25) is 10.1 Å². The summed E-state index contributed by atoms with van der Waals surface area (Å²) in [6, 6.07) is 7.50. The van der Waals surface area contributed by atoms with Crippen molar-refractivity contribution in [2.75, 3.05) is 0 Å². The summed E-state index contributed by atoms with van der Waals surface area (Å²) < 4.78 is 5.49. The van der Waals surface area contributed by atoms with Crippen LogP contribution in [-0.2, 0) is 6.42 Å². The van der Waals surface area contributed by atoms with Gasteiger partial charge in [0.25, 0.3) is 5.69 Å². The quantitative estimate of drug-likeness (QED) is 0.468. The molecule has 0 amide bonds. The zero-order chi connectivity index (χ0) is 14.7. The monoisotopic (exact) mass is 312 g/mol. The predicted octanol–water partition coefficient (Wildman–Crippen LogP) is 4.65. The zero-order valence-corrected chi connectivity index (χ0v) is 12.0. The molecule has 0 saturated heterocycles. The number of nitrogens with zero attached hydrogens (tertiary/aromatic N) is 2. The standard InChI is InChI=1S/C13H10Cl2N2O3/c1-2-8-5-10(3-4-11(8)14)20-13-7-9(17(18)19)6-12(15)16-13/h3-7H,2H2,1H3. The van der Waals surface area contributed by atoms with Crippen LogP contribution < -0.4 is 4.74 Å². The first-order chi connectivity index (χ1) is 9.49. The Morgan fingerprint density at radius 3 is 2.70 bits per heavy atom. The third-order valence-corrected chi connectivity index (χ3v) is 3.15. The fourth-order valence-electron chi connectivity index (χ4n) is 1.62. The maximum atomic E-state index is 10.7. The molecule has 0 N–H and O–H groups in total. The lowest BCUT2D eigenvalue weighted by atomic mass is 10.1. The lowest BCUT2D eigenvalue weighted by Gasteiger charge is -2.07. The second kappa shape index (κ2) is 6.07. The Morgan fingerprint density at radius 1 is 1.30 bits per heavy atom. The SMILES string of the molecule is CCc1cc(Oc2cc([N+](=O)[O-])cc(Cl)n2)ccc1Cl. The molecule has 1 heterocycles. The number of nitro groups is 1. The minimum absolute atomic E-state index is 0.00104. The summed E-state index contributed by atoms with van der Waals surface area (Å²) in [5, 5.41) is 11.4. The summed E-state index contributed by atoms with van der Waals surface area (Å²) in [7, 11) is 0. The molecule has 0 aliphatic heterocycles. The van der Waals surface area contributed by atoms with Crippen LogP contribution in [0.15, 0.2) is 30.3 Å². The molecule has 0 bridgehead atoms. The highest BCUT2D eigenvalue weighted by molar-refractivity contribution is 6.31. The average Bonchev–Trinajstić information content (AvgIpc) is 2.40. The molecule has 2 aromatic rings.